The number of nitrogens with one attached hydrogen (secondary N) is 1. The average molecular weight is 459 g/mol. The first kappa shape index (κ1) is 25.7. The first-order chi connectivity index (χ1) is 15.5. The fourth-order valence-corrected chi connectivity index (χ4v) is 3.83. The number of carboxylic acid groups (broad SMARTS) is 1. The highest BCUT2D eigenvalue weighted by molar-refractivity contribution is 6.31. The van der Waals surface area contributed by atoms with E-state index in [4.69, 9.17) is 16.7 Å². The van der Waals surface area contributed by atoms with E-state index in [-0.39, 0.29) is 11.5 Å². The molecule has 0 radical (unpaired) electrons. The number of carboxylic acids is 1. The summed E-state index contributed by atoms with van der Waals surface area (Å²) in [7, 11) is 0. The van der Waals surface area contributed by atoms with Crippen molar-refractivity contribution in [2.24, 2.45) is 0 Å². The molecule has 0 spiro atoms. The van der Waals surface area contributed by atoms with Gasteiger partial charge in [-0.2, -0.15) is 0 Å². The Morgan fingerprint density at radius 2 is 1.56 bits per heavy atom. The molecule has 0 aliphatic carbocycles. The lowest BCUT2D eigenvalue weighted by Gasteiger charge is -2.27. The SMILES string of the molecule is CCCCCN(CCCCC)c1ccc(Cl)cc1C(=O)NCCc1ccc(C(=O)O)cc1. The Balaban J connectivity index is 2.08. The lowest BCUT2D eigenvalue weighted by molar-refractivity contribution is 0.0696. The summed E-state index contributed by atoms with van der Waals surface area (Å²) in [5.74, 6) is -1.08. The van der Waals surface area contributed by atoms with Gasteiger partial charge in [-0.3, -0.25) is 4.79 Å². The van der Waals surface area contributed by atoms with Gasteiger partial charge in [-0.1, -0.05) is 63.3 Å². The van der Waals surface area contributed by atoms with Crippen LogP contribution in [0.15, 0.2) is 42.5 Å². The number of carbonyl (C=O) groups excluding carboxylic acids is 1. The van der Waals surface area contributed by atoms with E-state index in [0.717, 1.165) is 50.0 Å². The van der Waals surface area contributed by atoms with Gasteiger partial charge in [-0.25, -0.2) is 4.79 Å². The number of rotatable bonds is 14. The first-order valence-corrected chi connectivity index (χ1v) is 12.0. The third kappa shape index (κ3) is 8.19. The van der Waals surface area contributed by atoms with Crippen molar-refractivity contribution in [2.75, 3.05) is 24.5 Å². The number of hydrogen-bond donors (Lipinski definition) is 2. The molecule has 0 aromatic heterocycles. The molecule has 0 fully saturated rings. The van der Waals surface area contributed by atoms with Gasteiger partial charge in [0.2, 0.25) is 0 Å². The smallest absolute Gasteiger partial charge is 0.335 e. The number of nitrogens with zero attached hydrogens (tertiary/aromatic N) is 1. The van der Waals surface area contributed by atoms with E-state index in [1.165, 1.54) is 12.8 Å². The molecule has 32 heavy (non-hydrogen) atoms. The molecule has 0 heterocycles. The highest BCUT2D eigenvalue weighted by atomic mass is 35.5. The van der Waals surface area contributed by atoms with Crippen molar-refractivity contribution < 1.29 is 14.7 Å². The maximum Gasteiger partial charge on any atom is 0.335 e. The van der Waals surface area contributed by atoms with Gasteiger partial charge < -0.3 is 15.3 Å². The van der Waals surface area contributed by atoms with Crippen LogP contribution in [0.1, 0.15) is 78.7 Å². The van der Waals surface area contributed by atoms with E-state index in [1.54, 1.807) is 30.3 Å². The van der Waals surface area contributed by atoms with Crippen LogP contribution >= 0.6 is 11.6 Å². The molecule has 2 aromatic rings. The van der Waals surface area contributed by atoms with E-state index in [2.05, 4.69) is 24.1 Å². The zero-order valence-electron chi connectivity index (χ0n) is 19.2. The minimum Gasteiger partial charge on any atom is -0.478 e. The van der Waals surface area contributed by atoms with Crippen molar-refractivity contribution in [1.29, 1.82) is 0 Å². The van der Waals surface area contributed by atoms with E-state index in [0.29, 0.717) is 23.6 Å². The Bertz CT molecular complexity index is 858. The lowest BCUT2D eigenvalue weighted by Crippen LogP contribution is -2.31. The van der Waals surface area contributed by atoms with Crippen LogP contribution in [0.2, 0.25) is 5.02 Å². The third-order valence-electron chi connectivity index (χ3n) is 5.51. The quantitative estimate of drug-likeness (QED) is 0.331. The summed E-state index contributed by atoms with van der Waals surface area (Å²) >= 11 is 6.24. The molecule has 2 N–H and O–H groups in total. The molecule has 0 bridgehead atoms. The van der Waals surface area contributed by atoms with Gasteiger partial charge in [0, 0.05) is 30.3 Å². The molecule has 174 valence electrons. The average Bonchev–Trinajstić information content (AvgIpc) is 2.78. The third-order valence-corrected chi connectivity index (χ3v) is 5.74. The maximum absolute atomic E-state index is 13.0. The van der Waals surface area contributed by atoms with Crippen molar-refractivity contribution in [2.45, 2.75) is 58.8 Å². The predicted molar refractivity (Wildman–Crippen MR) is 132 cm³/mol. The minimum atomic E-state index is -0.944. The molecule has 0 saturated heterocycles. The number of halogens is 1. The summed E-state index contributed by atoms with van der Waals surface area (Å²) in [5.41, 5.74) is 2.77. The summed E-state index contributed by atoms with van der Waals surface area (Å²) in [6.07, 6.45) is 7.46. The van der Waals surface area contributed by atoms with Gasteiger partial charge in [0.15, 0.2) is 0 Å². The number of anilines is 1. The predicted octanol–water partition coefficient (Wildman–Crippen LogP) is 6.20. The van der Waals surface area contributed by atoms with Crippen LogP contribution in [-0.4, -0.2) is 36.6 Å². The van der Waals surface area contributed by atoms with Crippen LogP contribution in [0.3, 0.4) is 0 Å². The standard InChI is InChI=1S/C26H35ClN2O3/c1-3-5-7-17-29(18-8-6-4-2)24-14-13-22(27)19-23(24)25(30)28-16-15-20-9-11-21(12-10-20)26(31)32/h9-14,19H,3-8,15-18H2,1-2H3,(H,28,30)(H,31,32). The van der Waals surface area contributed by atoms with Gasteiger partial charge in [0.25, 0.3) is 5.91 Å². The minimum absolute atomic E-state index is 0.138. The Morgan fingerprint density at radius 1 is 0.938 bits per heavy atom. The van der Waals surface area contributed by atoms with Gasteiger partial charge in [-0.15, -0.1) is 0 Å². The second-order valence-corrected chi connectivity index (χ2v) is 8.51. The molecule has 0 aliphatic heterocycles. The van der Waals surface area contributed by atoms with Crippen molar-refractivity contribution in [3.8, 4) is 0 Å². The van der Waals surface area contributed by atoms with E-state index in [1.807, 2.05) is 12.1 Å². The molecular formula is C26H35ClN2O3. The summed E-state index contributed by atoms with van der Waals surface area (Å²) in [4.78, 5) is 26.3. The molecule has 2 aromatic carbocycles. The van der Waals surface area contributed by atoms with Crippen LogP contribution < -0.4 is 10.2 Å². The molecule has 0 saturated carbocycles. The van der Waals surface area contributed by atoms with Crippen molar-refractivity contribution in [3.63, 3.8) is 0 Å². The monoisotopic (exact) mass is 458 g/mol. The highest BCUT2D eigenvalue weighted by Crippen LogP contribution is 2.26. The number of aromatic carboxylic acids is 1. The van der Waals surface area contributed by atoms with Crippen molar-refractivity contribution in [1.82, 2.24) is 5.32 Å². The second kappa shape index (κ2) is 13.8. The van der Waals surface area contributed by atoms with Gasteiger partial charge in [0.05, 0.1) is 11.1 Å². The molecular weight excluding hydrogens is 424 g/mol. The summed E-state index contributed by atoms with van der Waals surface area (Å²) in [5, 5.41) is 12.6. The molecule has 2 rings (SSSR count). The number of amides is 1. The topological polar surface area (TPSA) is 69.6 Å². The van der Waals surface area contributed by atoms with E-state index in [9.17, 15) is 9.59 Å². The normalized spacial score (nSPS) is 10.7. The number of benzene rings is 2. The molecule has 0 atom stereocenters. The fraction of sp³-hybridized carbons (Fsp3) is 0.462. The van der Waals surface area contributed by atoms with Crippen LogP contribution in [0.5, 0.6) is 0 Å². The number of unbranched alkanes of at least 4 members (excludes halogenated alkanes) is 4. The van der Waals surface area contributed by atoms with Gasteiger partial charge >= 0.3 is 5.97 Å². The molecule has 5 nitrogen and oxygen atoms in total. The Morgan fingerprint density at radius 3 is 2.12 bits per heavy atom. The zero-order chi connectivity index (χ0) is 23.3. The highest BCUT2D eigenvalue weighted by Gasteiger charge is 2.17. The Labute approximate surface area is 196 Å². The van der Waals surface area contributed by atoms with Gasteiger partial charge in [0.1, 0.15) is 0 Å². The summed E-state index contributed by atoms with van der Waals surface area (Å²) in [6.45, 7) is 6.70. The Hall–Kier alpha value is -2.53. The molecule has 6 heteroatoms. The van der Waals surface area contributed by atoms with Crippen LogP contribution in [-0.2, 0) is 6.42 Å². The summed E-state index contributed by atoms with van der Waals surface area (Å²) < 4.78 is 0. The fourth-order valence-electron chi connectivity index (χ4n) is 3.65. The number of carbonyl (C=O) groups is 2. The molecule has 1 amide bonds. The molecule has 0 unspecified atom stereocenters. The zero-order valence-corrected chi connectivity index (χ0v) is 20.0. The largest absolute Gasteiger partial charge is 0.478 e. The van der Waals surface area contributed by atoms with E-state index < -0.39 is 5.97 Å². The number of hydrogen-bond acceptors (Lipinski definition) is 3. The Kier molecular flexibility index (Phi) is 11.1. The van der Waals surface area contributed by atoms with Crippen LogP contribution in [0.4, 0.5) is 5.69 Å². The molecule has 0 aliphatic rings. The lowest BCUT2D eigenvalue weighted by atomic mass is 10.1. The van der Waals surface area contributed by atoms with Gasteiger partial charge in [-0.05, 0) is 55.2 Å². The van der Waals surface area contributed by atoms with Crippen molar-refractivity contribution in [3.05, 3.63) is 64.2 Å². The van der Waals surface area contributed by atoms with Crippen LogP contribution in [0.25, 0.3) is 0 Å². The van der Waals surface area contributed by atoms with Crippen LogP contribution in [0, 0.1) is 0 Å². The van der Waals surface area contributed by atoms with E-state index >= 15 is 0 Å². The second-order valence-electron chi connectivity index (χ2n) is 8.07. The van der Waals surface area contributed by atoms with Crippen molar-refractivity contribution >= 4 is 29.2 Å². The maximum atomic E-state index is 13.0. The first-order valence-electron chi connectivity index (χ1n) is 11.6. The summed E-state index contributed by atoms with van der Waals surface area (Å²) in [6, 6.07) is 12.3.